The van der Waals surface area contributed by atoms with Crippen LogP contribution in [0.1, 0.15) is 10.4 Å². The largest absolute Gasteiger partial charge is 0.496 e. The molecule has 0 radical (unpaired) electrons. The van der Waals surface area contributed by atoms with Gasteiger partial charge in [-0.3, -0.25) is 4.79 Å². The maximum absolute atomic E-state index is 12.6. The van der Waals surface area contributed by atoms with Crippen LogP contribution >= 0.6 is 0 Å². The summed E-state index contributed by atoms with van der Waals surface area (Å²) in [5.41, 5.74) is 0.483. The van der Waals surface area contributed by atoms with E-state index in [1.54, 1.807) is 24.4 Å². The molecule has 0 bridgehead atoms. The van der Waals surface area contributed by atoms with Crippen LogP contribution in [0.25, 0.3) is 0 Å². The van der Waals surface area contributed by atoms with Crippen molar-refractivity contribution in [1.29, 1.82) is 0 Å². The number of hydrogen-bond donors (Lipinski definition) is 2. The summed E-state index contributed by atoms with van der Waals surface area (Å²) in [6.45, 7) is 1.21. The van der Waals surface area contributed by atoms with Gasteiger partial charge in [0.2, 0.25) is 0 Å². The van der Waals surface area contributed by atoms with Gasteiger partial charge in [0.1, 0.15) is 17.9 Å². The first kappa shape index (κ1) is 16.2. The fourth-order valence-corrected chi connectivity index (χ4v) is 2.96. The summed E-state index contributed by atoms with van der Waals surface area (Å²) in [6.07, 6.45) is 3.17. The number of anilines is 1. The number of rotatable bonds is 5. The highest BCUT2D eigenvalue weighted by atomic mass is 16.5. The van der Waals surface area contributed by atoms with Crippen molar-refractivity contribution in [2.75, 3.05) is 31.7 Å². The van der Waals surface area contributed by atoms with Gasteiger partial charge in [0.15, 0.2) is 0 Å². The van der Waals surface area contributed by atoms with Gasteiger partial charge in [-0.15, -0.1) is 0 Å². The fourth-order valence-electron chi connectivity index (χ4n) is 2.96. The lowest BCUT2D eigenvalue weighted by Gasteiger charge is -2.19. The summed E-state index contributed by atoms with van der Waals surface area (Å²) in [4.78, 5) is 22.7. The minimum absolute atomic E-state index is 0.00153. The molecule has 1 fully saturated rings. The summed E-state index contributed by atoms with van der Waals surface area (Å²) in [5.74, 6) is 1.05. The topological polar surface area (TPSA) is 87.6 Å². The highest BCUT2D eigenvalue weighted by Gasteiger charge is 2.34. The minimum Gasteiger partial charge on any atom is -0.496 e. The Balaban J connectivity index is 1.73. The third kappa shape index (κ3) is 3.30. The number of hydrogen-bond acceptors (Lipinski definition) is 6. The highest BCUT2D eigenvalue weighted by Crippen LogP contribution is 2.23. The van der Waals surface area contributed by atoms with Gasteiger partial charge in [0.05, 0.1) is 18.7 Å². The van der Waals surface area contributed by atoms with Crippen LogP contribution in [0.15, 0.2) is 42.9 Å². The molecule has 1 aliphatic heterocycles. The lowest BCUT2D eigenvalue weighted by Crippen LogP contribution is -2.41. The molecule has 1 amide bonds. The molecule has 2 heterocycles. The highest BCUT2D eigenvalue weighted by molar-refractivity contribution is 5.97. The number of aliphatic hydroxyl groups is 1. The van der Waals surface area contributed by atoms with E-state index >= 15 is 0 Å². The molecule has 1 aliphatic rings. The monoisotopic (exact) mass is 328 g/mol. The van der Waals surface area contributed by atoms with E-state index in [0.29, 0.717) is 24.4 Å². The Hall–Kier alpha value is -2.67. The average Bonchev–Trinajstić information content (AvgIpc) is 3.05. The van der Waals surface area contributed by atoms with Crippen molar-refractivity contribution in [3.63, 3.8) is 0 Å². The summed E-state index contributed by atoms with van der Waals surface area (Å²) >= 11 is 0. The van der Waals surface area contributed by atoms with Gasteiger partial charge in [-0.1, -0.05) is 12.1 Å². The Morgan fingerprint density at radius 3 is 2.92 bits per heavy atom. The zero-order valence-electron chi connectivity index (χ0n) is 13.4. The number of methoxy groups -OCH3 is 1. The second-order valence-electron chi connectivity index (χ2n) is 5.70. The predicted octanol–water partition coefficient (Wildman–Crippen LogP) is 0.712. The van der Waals surface area contributed by atoms with Gasteiger partial charge >= 0.3 is 0 Å². The van der Waals surface area contributed by atoms with Gasteiger partial charge in [0, 0.05) is 31.8 Å². The maximum Gasteiger partial charge on any atom is 0.255 e. The molecule has 1 saturated heterocycles. The van der Waals surface area contributed by atoms with Crippen molar-refractivity contribution in [2.45, 2.75) is 6.04 Å². The number of nitrogens with zero attached hydrogens (tertiary/aromatic N) is 3. The van der Waals surface area contributed by atoms with Gasteiger partial charge in [-0.05, 0) is 18.2 Å². The zero-order chi connectivity index (χ0) is 16.9. The Bertz CT molecular complexity index is 695. The van der Waals surface area contributed by atoms with E-state index in [9.17, 15) is 9.90 Å². The number of nitrogens with one attached hydrogen (secondary N) is 1. The molecule has 2 N–H and O–H groups in total. The van der Waals surface area contributed by atoms with Crippen LogP contribution in [-0.4, -0.2) is 53.8 Å². The Kier molecular flexibility index (Phi) is 4.90. The van der Waals surface area contributed by atoms with Gasteiger partial charge in [-0.2, -0.15) is 0 Å². The third-order valence-electron chi connectivity index (χ3n) is 4.23. The first-order chi connectivity index (χ1) is 11.7. The fraction of sp³-hybridized carbons (Fsp3) is 0.353. The first-order valence-corrected chi connectivity index (χ1v) is 7.78. The van der Waals surface area contributed by atoms with Crippen LogP contribution in [0.3, 0.4) is 0 Å². The van der Waals surface area contributed by atoms with E-state index < -0.39 is 0 Å². The number of carbonyl (C=O) groups is 1. The van der Waals surface area contributed by atoms with Crippen LogP contribution in [0, 0.1) is 5.92 Å². The summed E-state index contributed by atoms with van der Waals surface area (Å²) in [6, 6.07) is 8.74. The first-order valence-electron chi connectivity index (χ1n) is 7.78. The van der Waals surface area contributed by atoms with Crippen molar-refractivity contribution in [3.8, 4) is 5.75 Å². The van der Waals surface area contributed by atoms with Crippen molar-refractivity contribution in [1.82, 2.24) is 15.3 Å². The smallest absolute Gasteiger partial charge is 0.255 e. The second-order valence-corrected chi connectivity index (χ2v) is 5.70. The molecule has 0 spiro atoms. The number of carbonyl (C=O) groups excluding carboxylic acids is 1. The van der Waals surface area contributed by atoms with Crippen LogP contribution in [-0.2, 0) is 0 Å². The van der Waals surface area contributed by atoms with Crippen molar-refractivity contribution >= 4 is 11.7 Å². The predicted molar refractivity (Wildman–Crippen MR) is 89.1 cm³/mol. The Labute approximate surface area is 140 Å². The minimum atomic E-state index is -0.208. The Morgan fingerprint density at radius 1 is 1.38 bits per heavy atom. The normalized spacial score (nSPS) is 20.0. The Morgan fingerprint density at radius 2 is 2.21 bits per heavy atom. The van der Waals surface area contributed by atoms with Gasteiger partial charge in [0.25, 0.3) is 5.91 Å². The number of para-hydroxylation sites is 1. The van der Waals surface area contributed by atoms with Crippen molar-refractivity contribution in [3.05, 3.63) is 48.4 Å². The molecule has 2 aromatic rings. The van der Waals surface area contributed by atoms with Crippen LogP contribution < -0.4 is 15.0 Å². The van der Waals surface area contributed by atoms with E-state index in [1.165, 1.54) is 13.4 Å². The SMILES string of the molecule is COc1ccccc1C(=O)N[C@@H]1CN(c2ccncn2)C[C@H]1CO. The molecule has 126 valence electrons. The molecule has 1 aromatic heterocycles. The molecule has 2 atom stereocenters. The van der Waals surface area contributed by atoms with Crippen LogP contribution in [0.2, 0.25) is 0 Å². The standard InChI is InChI=1S/C17H20N4O3/c1-24-15-5-3-2-4-13(15)17(23)20-14-9-21(8-12(14)10-22)16-6-7-18-11-19-16/h2-7,11-12,14,22H,8-10H2,1H3,(H,20,23)/t12-,14+/m0/s1. The lowest BCUT2D eigenvalue weighted by atomic mass is 10.0. The van der Waals surface area contributed by atoms with E-state index in [1.807, 2.05) is 17.0 Å². The zero-order valence-corrected chi connectivity index (χ0v) is 13.4. The number of aliphatic hydroxyl groups excluding tert-OH is 1. The molecular weight excluding hydrogens is 308 g/mol. The molecule has 0 saturated carbocycles. The van der Waals surface area contributed by atoms with E-state index in [-0.39, 0.29) is 24.5 Å². The molecule has 0 unspecified atom stereocenters. The molecule has 1 aromatic carbocycles. The van der Waals surface area contributed by atoms with Gasteiger partial charge < -0.3 is 20.1 Å². The molecule has 3 rings (SSSR count). The number of amides is 1. The molecule has 7 heteroatoms. The molecule has 0 aliphatic carbocycles. The van der Waals surface area contributed by atoms with Crippen LogP contribution in [0.5, 0.6) is 5.75 Å². The van der Waals surface area contributed by atoms with Crippen LogP contribution in [0.4, 0.5) is 5.82 Å². The number of aromatic nitrogens is 2. The van der Waals surface area contributed by atoms with Crippen molar-refractivity contribution < 1.29 is 14.6 Å². The molecule has 24 heavy (non-hydrogen) atoms. The summed E-state index contributed by atoms with van der Waals surface area (Å²) < 4.78 is 5.24. The third-order valence-corrected chi connectivity index (χ3v) is 4.23. The number of ether oxygens (including phenoxy) is 1. The summed E-state index contributed by atoms with van der Waals surface area (Å²) in [7, 11) is 1.54. The van der Waals surface area contributed by atoms with E-state index in [2.05, 4.69) is 15.3 Å². The van der Waals surface area contributed by atoms with Crippen molar-refractivity contribution in [2.24, 2.45) is 5.92 Å². The van der Waals surface area contributed by atoms with Gasteiger partial charge in [-0.25, -0.2) is 9.97 Å². The average molecular weight is 328 g/mol. The van der Waals surface area contributed by atoms with E-state index in [0.717, 1.165) is 5.82 Å². The lowest BCUT2D eigenvalue weighted by molar-refractivity contribution is 0.0918. The molecular formula is C17H20N4O3. The van der Waals surface area contributed by atoms with E-state index in [4.69, 9.17) is 4.74 Å². The maximum atomic E-state index is 12.6. The quantitative estimate of drug-likeness (QED) is 0.841. The number of benzene rings is 1. The summed E-state index contributed by atoms with van der Waals surface area (Å²) in [5, 5.41) is 12.7. The second kappa shape index (κ2) is 7.27. The molecule has 7 nitrogen and oxygen atoms in total.